The molecular weight excluding hydrogens is 545 g/mol. The number of rotatable bonds is 6. The number of nitrogens with one attached hydrogen (secondary N) is 3. The van der Waals surface area contributed by atoms with Crippen molar-refractivity contribution in [3.63, 3.8) is 0 Å². The fraction of sp³-hybridized carbons (Fsp3) is 0.522. The molecule has 1 unspecified atom stereocenters. The van der Waals surface area contributed by atoms with Gasteiger partial charge in [0.15, 0.2) is 0 Å². The Hall–Kier alpha value is -2.54. The summed E-state index contributed by atoms with van der Waals surface area (Å²) < 4.78 is 35.6. The van der Waals surface area contributed by atoms with E-state index in [0.29, 0.717) is 33.8 Å². The lowest BCUT2D eigenvalue weighted by atomic mass is 9.86. The molecule has 0 bridgehead atoms. The molecule has 0 radical (unpaired) electrons. The molecule has 37 heavy (non-hydrogen) atoms. The normalized spacial score (nSPS) is 18.9. The van der Waals surface area contributed by atoms with Crippen LogP contribution in [0.5, 0.6) is 0 Å². The van der Waals surface area contributed by atoms with Crippen LogP contribution in [0.4, 0.5) is 4.79 Å². The van der Waals surface area contributed by atoms with Crippen molar-refractivity contribution in [1.29, 1.82) is 0 Å². The lowest BCUT2D eigenvalue weighted by molar-refractivity contribution is -0.122. The molecule has 3 rings (SSSR count). The van der Waals surface area contributed by atoms with Crippen LogP contribution in [-0.4, -0.2) is 66.5 Å². The highest BCUT2D eigenvalue weighted by Crippen LogP contribution is 2.33. The van der Waals surface area contributed by atoms with E-state index in [1.807, 2.05) is 4.72 Å². The number of carbonyl (C=O) groups is 3. The maximum absolute atomic E-state index is 13.5. The van der Waals surface area contributed by atoms with Gasteiger partial charge in [-0.3, -0.25) is 9.59 Å². The maximum atomic E-state index is 13.5. The van der Waals surface area contributed by atoms with E-state index in [1.165, 1.54) is 7.05 Å². The van der Waals surface area contributed by atoms with E-state index in [1.54, 1.807) is 50.6 Å². The lowest BCUT2D eigenvalue weighted by Crippen LogP contribution is -2.62. The van der Waals surface area contributed by atoms with Gasteiger partial charge < -0.3 is 19.9 Å². The number of benzene rings is 1. The number of hydrogen-bond donors (Lipinski definition) is 3. The highest BCUT2D eigenvalue weighted by Gasteiger charge is 2.43. The molecule has 14 heteroatoms. The van der Waals surface area contributed by atoms with Gasteiger partial charge in [0.25, 0.3) is 5.91 Å². The first-order chi connectivity index (χ1) is 17.1. The molecule has 1 fully saturated rings. The molecule has 1 aliphatic rings. The smallest absolute Gasteiger partial charge is 0.422 e. The minimum Gasteiger partial charge on any atom is -0.443 e. The summed E-state index contributed by atoms with van der Waals surface area (Å²) in [6, 6.07) is 4.95. The predicted molar refractivity (Wildman–Crippen MR) is 141 cm³/mol. The molecule has 2 heterocycles. The Morgan fingerprint density at radius 1 is 1.19 bits per heavy atom. The number of ether oxygens (including phenoxy) is 1. The van der Waals surface area contributed by atoms with Gasteiger partial charge in [-0.2, -0.15) is 12.7 Å². The second-order valence-corrected chi connectivity index (χ2v) is 12.5. The van der Waals surface area contributed by atoms with Gasteiger partial charge in [0.1, 0.15) is 11.3 Å². The largest absolute Gasteiger partial charge is 0.443 e. The third kappa shape index (κ3) is 6.67. The first-order valence-electron chi connectivity index (χ1n) is 11.5. The second kappa shape index (κ2) is 10.7. The van der Waals surface area contributed by atoms with E-state index in [4.69, 9.17) is 27.9 Å². The summed E-state index contributed by atoms with van der Waals surface area (Å²) in [4.78, 5) is 38.0. The standard InChI is InChI=1S/C23H31Cl2N5O6S/c1-22(2,3)36-21(33)28-37(34,35)30-10-6-9-23(13-30,12-18(31)26-4)27-20(32)17-11-14-16(29(17)5)8-7-15(24)19(14)25/h7-8,11H,6,9-10,12-13H2,1-5H3,(H,26,31)(H,27,32)(H,28,33). The van der Waals surface area contributed by atoms with E-state index < -0.39 is 33.3 Å². The Morgan fingerprint density at radius 3 is 2.49 bits per heavy atom. The number of aryl methyl sites for hydroxylation is 1. The topological polar surface area (TPSA) is 139 Å². The van der Waals surface area contributed by atoms with Crippen LogP contribution in [0.15, 0.2) is 18.2 Å². The van der Waals surface area contributed by atoms with Gasteiger partial charge in [0.05, 0.1) is 22.0 Å². The molecule has 1 aliphatic heterocycles. The van der Waals surface area contributed by atoms with E-state index in [-0.39, 0.29) is 31.1 Å². The van der Waals surface area contributed by atoms with Gasteiger partial charge in [0, 0.05) is 38.1 Å². The summed E-state index contributed by atoms with van der Waals surface area (Å²) in [5, 5.41) is 6.64. The third-order valence-electron chi connectivity index (χ3n) is 6.00. The van der Waals surface area contributed by atoms with Crippen LogP contribution in [0.3, 0.4) is 0 Å². The minimum absolute atomic E-state index is 0.0889. The van der Waals surface area contributed by atoms with Crippen LogP contribution < -0.4 is 15.4 Å². The summed E-state index contributed by atoms with van der Waals surface area (Å²) in [5.41, 5.74) is -1.21. The molecule has 2 aromatic rings. The average Bonchev–Trinajstić information content (AvgIpc) is 3.11. The zero-order chi connectivity index (χ0) is 27.8. The first-order valence-corrected chi connectivity index (χ1v) is 13.7. The molecule has 11 nitrogen and oxygen atoms in total. The highest BCUT2D eigenvalue weighted by molar-refractivity contribution is 7.87. The third-order valence-corrected chi connectivity index (χ3v) is 8.23. The molecule has 3 amide bonds. The fourth-order valence-corrected chi connectivity index (χ4v) is 5.87. The molecule has 204 valence electrons. The number of amides is 3. The molecule has 0 saturated carbocycles. The van der Waals surface area contributed by atoms with Crippen molar-refractivity contribution in [3.05, 3.63) is 33.9 Å². The van der Waals surface area contributed by atoms with Gasteiger partial charge >= 0.3 is 16.3 Å². The lowest BCUT2D eigenvalue weighted by Gasteiger charge is -2.42. The summed E-state index contributed by atoms with van der Waals surface area (Å²) in [5.74, 6) is -0.902. The van der Waals surface area contributed by atoms with Crippen molar-refractivity contribution < 1.29 is 27.5 Å². The van der Waals surface area contributed by atoms with Gasteiger partial charge in [-0.05, 0) is 51.8 Å². The Balaban J connectivity index is 1.91. The van der Waals surface area contributed by atoms with E-state index >= 15 is 0 Å². The number of hydrogen-bond acceptors (Lipinski definition) is 6. The predicted octanol–water partition coefficient (Wildman–Crippen LogP) is 2.96. The number of halogens is 2. The molecule has 3 N–H and O–H groups in total. The van der Waals surface area contributed by atoms with Gasteiger partial charge in [-0.15, -0.1) is 0 Å². The molecule has 1 atom stereocenters. The molecule has 1 saturated heterocycles. The van der Waals surface area contributed by atoms with Crippen molar-refractivity contribution in [2.75, 3.05) is 20.1 Å². The van der Waals surface area contributed by atoms with Crippen LogP contribution in [-0.2, 0) is 26.8 Å². The SMILES string of the molecule is CNC(=O)CC1(NC(=O)c2cc3c(Cl)c(Cl)ccc3n2C)CCCN(S(=O)(=O)NC(=O)OC(C)(C)C)C1. The van der Waals surface area contributed by atoms with Gasteiger partial charge in [-0.1, -0.05) is 23.2 Å². The van der Waals surface area contributed by atoms with Crippen LogP contribution in [0.1, 0.15) is 50.5 Å². The van der Waals surface area contributed by atoms with E-state index in [2.05, 4.69) is 10.6 Å². The number of carbonyl (C=O) groups excluding carboxylic acids is 3. The number of aromatic nitrogens is 1. The van der Waals surface area contributed by atoms with Crippen molar-refractivity contribution in [2.24, 2.45) is 7.05 Å². The molecule has 1 aromatic heterocycles. The Bertz CT molecular complexity index is 1340. The average molecular weight is 577 g/mol. The zero-order valence-corrected chi connectivity index (χ0v) is 23.6. The first kappa shape index (κ1) is 29.0. The summed E-state index contributed by atoms with van der Waals surface area (Å²) in [6.45, 7) is 4.68. The number of fused-ring (bicyclic) bond motifs is 1. The molecule has 0 spiro atoms. The number of piperidine rings is 1. The highest BCUT2D eigenvalue weighted by atomic mass is 35.5. The number of nitrogens with zero attached hydrogens (tertiary/aromatic N) is 2. The Labute approximate surface area is 226 Å². The monoisotopic (exact) mass is 575 g/mol. The maximum Gasteiger partial charge on any atom is 0.422 e. The van der Waals surface area contributed by atoms with Gasteiger partial charge in [-0.25, -0.2) is 9.52 Å². The minimum atomic E-state index is -4.32. The quantitative estimate of drug-likeness (QED) is 0.484. The van der Waals surface area contributed by atoms with Crippen LogP contribution >= 0.6 is 23.2 Å². The zero-order valence-electron chi connectivity index (χ0n) is 21.3. The van der Waals surface area contributed by atoms with E-state index in [0.717, 1.165) is 4.31 Å². The molecule has 0 aliphatic carbocycles. The van der Waals surface area contributed by atoms with E-state index in [9.17, 15) is 22.8 Å². The Kier molecular flexibility index (Phi) is 8.38. The molecule has 1 aromatic carbocycles. The van der Waals surface area contributed by atoms with Gasteiger partial charge in [0.2, 0.25) is 5.91 Å². The van der Waals surface area contributed by atoms with Crippen LogP contribution in [0.25, 0.3) is 10.9 Å². The van der Waals surface area contributed by atoms with Crippen LogP contribution in [0, 0.1) is 0 Å². The van der Waals surface area contributed by atoms with Crippen molar-refractivity contribution in [3.8, 4) is 0 Å². The summed E-state index contributed by atoms with van der Waals surface area (Å²) in [6.07, 6.45) is -0.626. The second-order valence-electron chi connectivity index (χ2n) is 10.0. The van der Waals surface area contributed by atoms with Crippen LogP contribution in [0.2, 0.25) is 10.0 Å². The summed E-state index contributed by atoms with van der Waals surface area (Å²) in [7, 11) is -1.18. The Morgan fingerprint density at radius 2 is 1.86 bits per heavy atom. The molecular formula is C23H31Cl2N5O6S. The summed E-state index contributed by atoms with van der Waals surface area (Å²) >= 11 is 12.4. The van der Waals surface area contributed by atoms with Crippen molar-refractivity contribution >= 4 is 62.2 Å². The van der Waals surface area contributed by atoms with Crippen molar-refractivity contribution in [2.45, 2.75) is 51.2 Å². The van der Waals surface area contributed by atoms with Crippen molar-refractivity contribution in [1.82, 2.24) is 24.2 Å². The fourth-order valence-electron chi connectivity index (χ4n) is 4.32.